The highest BCUT2D eigenvalue weighted by Crippen LogP contribution is 2.07. The van der Waals surface area contributed by atoms with Gasteiger partial charge in [-0.05, 0) is 6.92 Å². The van der Waals surface area contributed by atoms with E-state index in [2.05, 4.69) is 10.3 Å². The molecule has 5 heteroatoms. The van der Waals surface area contributed by atoms with Crippen molar-refractivity contribution in [2.45, 2.75) is 13.0 Å². The number of nitrogens with zero attached hydrogens (tertiary/aromatic N) is 1. The van der Waals surface area contributed by atoms with Gasteiger partial charge in [0, 0.05) is 5.38 Å². The molecular weight excluding hydrogens is 164 g/mol. The molecule has 0 aliphatic rings. The van der Waals surface area contributed by atoms with Crippen LogP contribution in [-0.4, -0.2) is 22.1 Å². The van der Waals surface area contributed by atoms with Crippen LogP contribution in [0.25, 0.3) is 0 Å². The first-order chi connectivity index (χ1) is 5.20. The Kier molecular flexibility index (Phi) is 2.43. The summed E-state index contributed by atoms with van der Waals surface area (Å²) in [5.41, 5.74) is 1.65. The number of hydrogen-bond donors (Lipinski definition) is 2. The number of aromatic nitrogens is 1. The van der Waals surface area contributed by atoms with Gasteiger partial charge in [-0.25, -0.2) is 4.98 Å². The van der Waals surface area contributed by atoms with Gasteiger partial charge in [0.05, 0.1) is 5.51 Å². The van der Waals surface area contributed by atoms with Crippen LogP contribution in [0.3, 0.4) is 0 Å². The summed E-state index contributed by atoms with van der Waals surface area (Å²) in [7, 11) is 0. The molecule has 1 unspecified atom stereocenters. The predicted molar refractivity (Wildman–Crippen MR) is 42.8 cm³/mol. The van der Waals surface area contributed by atoms with Gasteiger partial charge in [0.2, 0.25) is 0 Å². The van der Waals surface area contributed by atoms with Gasteiger partial charge in [0.15, 0.2) is 0 Å². The molecule has 1 heterocycles. The Hall–Kier alpha value is -1.10. The molecule has 0 radical (unpaired) electrons. The van der Waals surface area contributed by atoms with Crippen molar-refractivity contribution < 1.29 is 9.90 Å². The number of carbonyl (C=O) groups is 1. The maximum Gasteiger partial charge on any atom is 0.325 e. The first-order valence-corrected chi connectivity index (χ1v) is 4.02. The second-order valence-corrected chi connectivity index (χ2v) is 2.80. The van der Waals surface area contributed by atoms with Crippen LogP contribution in [0.5, 0.6) is 0 Å². The molecule has 0 saturated heterocycles. The lowest BCUT2D eigenvalue weighted by Gasteiger charge is -2.06. The molecule has 1 aromatic heterocycles. The maximum absolute atomic E-state index is 10.3. The summed E-state index contributed by atoms with van der Waals surface area (Å²) >= 11 is 1.43. The number of nitrogens with one attached hydrogen (secondary N) is 1. The molecule has 1 atom stereocenters. The van der Waals surface area contributed by atoms with Crippen LogP contribution in [0.4, 0.5) is 5.82 Å². The molecular formula is C6H8N2O2S. The summed E-state index contributed by atoms with van der Waals surface area (Å²) in [5.74, 6) is -0.261. The Balaban J connectivity index is 2.50. The first-order valence-electron chi connectivity index (χ1n) is 3.07. The molecule has 1 aromatic rings. The van der Waals surface area contributed by atoms with Gasteiger partial charge >= 0.3 is 5.97 Å². The first kappa shape index (κ1) is 8.00. The van der Waals surface area contributed by atoms with Crippen LogP contribution >= 0.6 is 11.3 Å². The number of carboxylic acids is 1. The van der Waals surface area contributed by atoms with Crippen molar-refractivity contribution >= 4 is 23.1 Å². The van der Waals surface area contributed by atoms with Gasteiger partial charge in [0.25, 0.3) is 0 Å². The number of rotatable bonds is 3. The molecule has 0 aliphatic heterocycles. The molecule has 1 rings (SSSR count). The highest BCUT2D eigenvalue weighted by molar-refractivity contribution is 7.07. The third kappa shape index (κ3) is 2.19. The van der Waals surface area contributed by atoms with Crippen molar-refractivity contribution in [1.29, 1.82) is 0 Å². The number of hydrogen-bond acceptors (Lipinski definition) is 4. The van der Waals surface area contributed by atoms with E-state index in [1.165, 1.54) is 11.3 Å². The van der Waals surface area contributed by atoms with Gasteiger partial charge in [-0.1, -0.05) is 0 Å². The van der Waals surface area contributed by atoms with Crippen LogP contribution in [0, 0.1) is 0 Å². The fraction of sp³-hybridized carbons (Fsp3) is 0.333. The Bertz CT molecular complexity index is 235. The van der Waals surface area contributed by atoms with E-state index >= 15 is 0 Å². The average molecular weight is 172 g/mol. The zero-order chi connectivity index (χ0) is 8.27. The van der Waals surface area contributed by atoms with Crippen molar-refractivity contribution in [3.05, 3.63) is 10.9 Å². The van der Waals surface area contributed by atoms with Gasteiger partial charge in [-0.2, -0.15) is 0 Å². The van der Waals surface area contributed by atoms with Crippen LogP contribution in [0.1, 0.15) is 6.92 Å². The summed E-state index contributed by atoms with van der Waals surface area (Å²) in [6.07, 6.45) is 0. The molecule has 0 fully saturated rings. The summed E-state index contributed by atoms with van der Waals surface area (Å²) in [5, 5.41) is 13.0. The topological polar surface area (TPSA) is 62.2 Å². The Labute approximate surface area is 67.9 Å². The zero-order valence-electron chi connectivity index (χ0n) is 5.94. The molecule has 60 valence electrons. The van der Waals surface area contributed by atoms with E-state index in [1.54, 1.807) is 17.8 Å². The summed E-state index contributed by atoms with van der Waals surface area (Å²) in [4.78, 5) is 14.2. The SMILES string of the molecule is CC(Nc1cscn1)C(=O)O. The van der Waals surface area contributed by atoms with E-state index in [0.717, 1.165) is 0 Å². The average Bonchev–Trinajstić information content (AvgIpc) is 2.39. The number of thiazole rings is 1. The molecule has 0 saturated carbocycles. The standard InChI is InChI=1S/C6H8N2O2S/c1-4(6(9)10)8-5-2-11-3-7-5/h2-4,8H,1H3,(H,9,10). The second kappa shape index (κ2) is 3.34. The lowest BCUT2D eigenvalue weighted by molar-refractivity contribution is -0.137. The third-order valence-corrected chi connectivity index (χ3v) is 1.75. The van der Waals surface area contributed by atoms with Crippen molar-refractivity contribution in [1.82, 2.24) is 4.98 Å². The normalized spacial score (nSPS) is 12.5. The predicted octanol–water partition coefficient (Wildman–Crippen LogP) is 1.03. The van der Waals surface area contributed by atoms with Crippen molar-refractivity contribution in [2.75, 3.05) is 5.32 Å². The molecule has 0 aliphatic carbocycles. The number of anilines is 1. The van der Waals surface area contributed by atoms with E-state index in [1.807, 2.05) is 0 Å². The number of carboxylic acid groups (broad SMARTS) is 1. The van der Waals surface area contributed by atoms with Crippen LogP contribution in [-0.2, 0) is 4.79 Å². The molecule has 2 N–H and O–H groups in total. The lowest BCUT2D eigenvalue weighted by Crippen LogP contribution is -2.25. The Morgan fingerprint density at radius 2 is 2.64 bits per heavy atom. The molecule has 0 bridgehead atoms. The molecule has 0 amide bonds. The minimum atomic E-state index is -0.877. The van der Waals surface area contributed by atoms with Crippen LogP contribution < -0.4 is 5.32 Å². The highest BCUT2D eigenvalue weighted by atomic mass is 32.1. The van der Waals surface area contributed by atoms with Crippen molar-refractivity contribution in [2.24, 2.45) is 0 Å². The third-order valence-electron chi connectivity index (χ3n) is 1.17. The molecule has 11 heavy (non-hydrogen) atoms. The minimum Gasteiger partial charge on any atom is -0.480 e. The summed E-state index contributed by atoms with van der Waals surface area (Å²) < 4.78 is 0. The maximum atomic E-state index is 10.3. The second-order valence-electron chi connectivity index (χ2n) is 2.08. The quantitative estimate of drug-likeness (QED) is 0.714. The Morgan fingerprint density at radius 1 is 1.91 bits per heavy atom. The summed E-state index contributed by atoms with van der Waals surface area (Å²) in [6.45, 7) is 1.57. The smallest absolute Gasteiger partial charge is 0.325 e. The minimum absolute atomic E-state index is 0.586. The number of aliphatic carboxylic acids is 1. The van der Waals surface area contributed by atoms with E-state index in [-0.39, 0.29) is 0 Å². The Morgan fingerprint density at radius 3 is 3.09 bits per heavy atom. The molecule has 0 aromatic carbocycles. The fourth-order valence-electron chi connectivity index (χ4n) is 0.567. The van der Waals surface area contributed by atoms with Gasteiger partial charge in [-0.3, -0.25) is 4.79 Å². The van der Waals surface area contributed by atoms with Gasteiger partial charge in [-0.15, -0.1) is 11.3 Å². The fourth-order valence-corrected chi connectivity index (χ4v) is 1.06. The van der Waals surface area contributed by atoms with E-state index in [0.29, 0.717) is 5.82 Å². The highest BCUT2D eigenvalue weighted by Gasteiger charge is 2.09. The van der Waals surface area contributed by atoms with Crippen molar-refractivity contribution in [3.63, 3.8) is 0 Å². The largest absolute Gasteiger partial charge is 0.480 e. The monoisotopic (exact) mass is 172 g/mol. The zero-order valence-corrected chi connectivity index (χ0v) is 6.76. The van der Waals surface area contributed by atoms with Crippen LogP contribution in [0.15, 0.2) is 10.9 Å². The lowest BCUT2D eigenvalue weighted by atomic mass is 10.3. The van der Waals surface area contributed by atoms with E-state index in [9.17, 15) is 4.79 Å². The summed E-state index contributed by atoms with van der Waals surface area (Å²) in [6, 6.07) is -0.586. The van der Waals surface area contributed by atoms with Gasteiger partial charge < -0.3 is 10.4 Å². The van der Waals surface area contributed by atoms with E-state index in [4.69, 9.17) is 5.11 Å². The van der Waals surface area contributed by atoms with Crippen LogP contribution in [0.2, 0.25) is 0 Å². The molecule has 0 spiro atoms. The van der Waals surface area contributed by atoms with Gasteiger partial charge in [0.1, 0.15) is 11.9 Å². The van der Waals surface area contributed by atoms with Crippen molar-refractivity contribution in [3.8, 4) is 0 Å². The molecule has 4 nitrogen and oxygen atoms in total. The van der Waals surface area contributed by atoms with E-state index < -0.39 is 12.0 Å².